The van der Waals surface area contributed by atoms with Gasteiger partial charge in [-0.2, -0.15) is 8.78 Å². The number of methoxy groups -OCH3 is 1. The number of ether oxygens (including phenoxy) is 2. The molecule has 0 saturated carbocycles. The van der Waals surface area contributed by atoms with Crippen LogP contribution in [0.5, 0.6) is 11.5 Å². The molecule has 0 saturated heterocycles. The van der Waals surface area contributed by atoms with Crippen molar-refractivity contribution < 1.29 is 28.2 Å². The van der Waals surface area contributed by atoms with Gasteiger partial charge in [0.05, 0.1) is 11.6 Å². The number of halogens is 3. The molecule has 88 valence electrons. The average molecular weight is 297 g/mol. The van der Waals surface area contributed by atoms with E-state index in [-0.39, 0.29) is 10.2 Å². The summed E-state index contributed by atoms with van der Waals surface area (Å²) in [6, 6.07) is 3.94. The Morgan fingerprint density at radius 3 is 2.56 bits per heavy atom. The minimum absolute atomic E-state index is 0.174. The van der Waals surface area contributed by atoms with E-state index in [9.17, 15) is 13.6 Å². The highest BCUT2D eigenvalue weighted by atomic mass is 79.9. The Bertz CT molecular complexity index is 408. The van der Waals surface area contributed by atoms with Crippen LogP contribution < -0.4 is 9.47 Å². The normalized spacial score (nSPS) is 11.0. The van der Waals surface area contributed by atoms with Gasteiger partial charge in [0, 0.05) is 0 Å². The molecule has 0 unspecified atom stereocenters. The van der Waals surface area contributed by atoms with Crippen LogP contribution in [0.4, 0.5) is 8.78 Å². The van der Waals surface area contributed by atoms with E-state index in [1.165, 1.54) is 25.3 Å². The molecule has 0 radical (unpaired) electrons. The first-order valence-corrected chi connectivity index (χ1v) is 4.80. The minimum atomic E-state index is -4.27. The lowest BCUT2D eigenvalue weighted by Crippen LogP contribution is -2.34. The van der Waals surface area contributed by atoms with Crippen LogP contribution in [0.3, 0.4) is 0 Å². The molecule has 1 N–H and O–H groups in total. The topological polar surface area (TPSA) is 55.8 Å². The number of alkyl halides is 2. The predicted molar refractivity (Wildman–Crippen MR) is 53.9 cm³/mol. The third-order valence-corrected chi connectivity index (χ3v) is 2.25. The summed E-state index contributed by atoms with van der Waals surface area (Å²) in [5.41, 5.74) is 0. The summed E-state index contributed by atoms with van der Waals surface area (Å²) in [5, 5.41) is 8.18. The second-order valence-electron chi connectivity index (χ2n) is 2.72. The summed E-state index contributed by atoms with van der Waals surface area (Å²) < 4.78 is 34.5. The van der Waals surface area contributed by atoms with Gasteiger partial charge >= 0.3 is 12.1 Å². The molecule has 1 rings (SSSR count). The van der Waals surface area contributed by atoms with Crippen molar-refractivity contribution in [3.8, 4) is 11.5 Å². The van der Waals surface area contributed by atoms with Gasteiger partial charge in [0.1, 0.15) is 11.5 Å². The lowest BCUT2D eigenvalue weighted by atomic mass is 10.3. The Morgan fingerprint density at radius 1 is 1.50 bits per heavy atom. The number of benzene rings is 1. The molecule has 1 aromatic rings. The van der Waals surface area contributed by atoms with E-state index in [1.54, 1.807) is 0 Å². The summed E-state index contributed by atoms with van der Waals surface area (Å²) in [6.45, 7) is 0. The summed E-state index contributed by atoms with van der Waals surface area (Å²) in [5.74, 6) is -2.21. The third kappa shape index (κ3) is 2.82. The van der Waals surface area contributed by atoms with Crippen molar-refractivity contribution in [3.05, 3.63) is 22.7 Å². The first kappa shape index (κ1) is 12.7. The maximum absolute atomic E-state index is 12.7. The highest BCUT2D eigenvalue weighted by Crippen LogP contribution is 2.32. The third-order valence-electron chi connectivity index (χ3n) is 1.63. The predicted octanol–water partition coefficient (Wildman–Crippen LogP) is 2.51. The van der Waals surface area contributed by atoms with Crippen molar-refractivity contribution >= 4 is 21.9 Å². The summed E-state index contributed by atoms with van der Waals surface area (Å²) in [4.78, 5) is 10.1. The fourth-order valence-corrected chi connectivity index (χ4v) is 1.31. The van der Waals surface area contributed by atoms with Gasteiger partial charge in [0.15, 0.2) is 0 Å². The fourth-order valence-electron chi connectivity index (χ4n) is 0.873. The minimum Gasteiger partial charge on any atom is -0.497 e. The number of aliphatic carboxylic acids is 1. The smallest absolute Gasteiger partial charge is 0.497 e. The number of carboxylic acid groups (broad SMARTS) is 1. The molecular weight excluding hydrogens is 290 g/mol. The number of carboxylic acids is 1. The zero-order valence-corrected chi connectivity index (χ0v) is 9.62. The Morgan fingerprint density at radius 2 is 2.12 bits per heavy atom. The Hall–Kier alpha value is -1.37. The molecule has 1 aromatic carbocycles. The highest BCUT2D eigenvalue weighted by molar-refractivity contribution is 9.10. The average Bonchev–Trinajstić information content (AvgIpc) is 2.20. The molecule has 0 aliphatic carbocycles. The number of carbonyl (C=O) groups is 1. The van der Waals surface area contributed by atoms with Gasteiger partial charge in [-0.1, -0.05) is 0 Å². The molecule has 0 amide bonds. The first-order valence-electron chi connectivity index (χ1n) is 4.00. The van der Waals surface area contributed by atoms with Gasteiger partial charge in [0.2, 0.25) is 0 Å². The van der Waals surface area contributed by atoms with Crippen LogP contribution >= 0.6 is 15.9 Å². The molecule has 7 heteroatoms. The molecule has 16 heavy (non-hydrogen) atoms. The molecule has 0 heterocycles. The molecule has 0 bridgehead atoms. The van der Waals surface area contributed by atoms with Gasteiger partial charge in [-0.3, -0.25) is 0 Å². The second-order valence-corrected chi connectivity index (χ2v) is 3.57. The highest BCUT2D eigenvalue weighted by Gasteiger charge is 2.42. The molecule has 0 aromatic heterocycles. The molecule has 0 spiro atoms. The van der Waals surface area contributed by atoms with Crippen molar-refractivity contribution in [1.82, 2.24) is 0 Å². The molecule has 4 nitrogen and oxygen atoms in total. The summed E-state index contributed by atoms with van der Waals surface area (Å²) in [7, 11) is 1.41. The molecule has 0 atom stereocenters. The van der Waals surface area contributed by atoms with Gasteiger partial charge < -0.3 is 14.6 Å². The van der Waals surface area contributed by atoms with Crippen LogP contribution in [0, 0.1) is 0 Å². The molecular formula is C9H7BrF2O4. The number of rotatable bonds is 4. The number of hydrogen-bond acceptors (Lipinski definition) is 3. The largest absolute Gasteiger partial charge is 0.501 e. The van der Waals surface area contributed by atoms with Crippen molar-refractivity contribution in [2.75, 3.05) is 7.11 Å². The van der Waals surface area contributed by atoms with Crippen LogP contribution in [0.15, 0.2) is 22.7 Å². The molecule has 0 aliphatic heterocycles. The van der Waals surface area contributed by atoms with Crippen LogP contribution in [0.25, 0.3) is 0 Å². The zero-order valence-electron chi connectivity index (χ0n) is 8.04. The van der Waals surface area contributed by atoms with E-state index >= 15 is 0 Å². The Labute approximate surface area is 97.9 Å². The van der Waals surface area contributed by atoms with Gasteiger partial charge in [0.25, 0.3) is 0 Å². The van der Waals surface area contributed by atoms with E-state index in [1.807, 2.05) is 0 Å². The second kappa shape index (κ2) is 4.65. The molecule has 0 fully saturated rings. The SMILES string of the molecule is COc1ccc(OC(F)(F)C(=O)O)c(Br)c1. The first-order chi connectivity index (χ1) is 7.36. The Kier molecular flexibility index (Phi) is 3.69. The zero-order chi connectivity index (χ0) is 12.3. The maximum atomic E-state index is 12.7. The van der Waals surface area contributed by atoms with Gasteiger partial charge in [-0.15, -0.1) is 0 Å². The van der Waals surface area contributed by atoms with Gasteiger partial charge in [-0.05, 0) is 34.1 Å². The van der Waals surface area contributed by atoms with Gasteiger partial charge in [-0.25, -0.2) is 4.79 Å². The van der Waals surface area contributed by atoms with Crippen molar-refractivity contribution in [1.29, 1.82) is 0 Å². The van der Waals surface area contributed by atoms with E-state index < -0.39 is 12.1 Å². The van der Waals surface area contributed by atoms with E-state index in [4.69, 9.17) is 9.84 Å². The van der Waals surface area contributed by atoms with E-state index in [2.05, 4.69) is 20.7 Å². The van der Waals surface area contributed by atoms with Crippen molar-refractivity contribution in [3.63, 3.8) is 0 Å². The van der Waals surface area contributed by atoms with Crippen LogP contribution in [0.1, 0.15) is 0 Å². The van der Waals surface area contributed by atoms with Crippen LogP contribution in [0.2, 0.25) is 0 Å². The summed E-state index contributed by atoms with van der Waals surface area (Å²) >= 11 is 2.96. The van der Waals surface area contributed by atoms with Crippen LogP contribution in [-0.4, -0.2) is 24.3 Å². The quantitative estimate of drug-likeness (QED) is 0.927. The summed E-state index contributed by atoms with van der Waals surface area (Å²) in [6.07, 6.45) is -4.27. The lowest BCUT2D eigenvalue weighted by molar-refractivity contribution is -0.211. The van der Waals surface area contributed by atoms with E-state index in [0.717, 1.165) is 0 Å². The fraction of sp³-hybridized carbons (Fsp3) is 0.222. The van der Waals surface area contributed by atoms with E-state index in [0.29, 0.717) is 5.75 Å². The number of hydrogen-bond donors (Lipinski definition) is 1. The standard InChI is InChI=1S/C9H7BrF2O4/c1-15-5-2-3-7(6(10)4-5)16-9(11,12)8(13)14/h2-4H,1H3,(H,13,14). The monoisotopic (exact) mass is 296 g/mol. The van der Waals surface area contributed by atoms with Crippen LogP contribution in [-0.2, 0) is 4.79 Å². The van der Waals surface area contributed by atoms with Crippen molar-refractivity contribution in [2.45, 2.75) is 6.11 Å². The Balaban J connectivity index is 2.94. The maximum Gasteiger partial charge on any atom is 0.501 e. The molecule has 0 aliphatic rings. The lowest BCUT2D eigenvalue weighted by Gasteiger charge is -2.14. The van der Waals surface area contributed by atoms with Crippen molar-refractivity contribution in [2.24, 2.45) is 0 Å².